The fourth-order valence-corrected chi connectivity index (χ4v) is 4.41. The molecule has 2 unspecified atom stereocenters. The minimum absolute atomic E-state index is 0.0465. The summed E-state index contributed by atoms with van der Waals surface area (Å²) in [5.41, 5.74) is 1.16. The van der Waals surface area contributed by atoms with Gasteiger partial charge in [0.25, 0.3) is 0 Å². The molecule has 2 N–H and O–H groups in total. The van der Waals surface area contributed by atoms with E-state index in [2.05, 4.69) is 17.6 Å². The Morgan fingerprint density at radius 2 is 2.03 bits per heavy atom. The molecule has 1 heterocycles. The number of methoxy groups -OCH3 is 1. The van der Waals surface area contributed by atoms with Crippen LogP contribution in [0.4, 0.5) is 10.1 Å². The molecule has 0 saturated carbocycles. The molecular weight excluding hydrogens is 435 g/mol. The third-order valence-corrected chi connectivity index (χ3v) is 6.12. The molecule has 0 aromatic heterocycles. The summed E-state index contributed by atoms with van der Waals surface area (Å²) in [7, 11) is 1.59. The number of anilines is 1. The first kappa shape index (κ1) is 25.0. The number of amides is 2. The fraction of sp³-hybridized carbons (Fsp3) is 0.423. The molecule has 2 aromatic rings. The van der Waals surface area contributed by atoms with Gasteiger partial charge in [-0.15, -0.1) is 0 Å². The topological polar surface area (TPSA) is 94.5 Å². The molecule has 34 heavy (non-hydrogen) atoms. The Kier molecular flexibility index (Phi) is 8.86. The second kappa shape index (κ2) is 12.0. The fourth-order valence-electron chi connectivity index (χ4n) is 4.41. The summed E-state index contributed by atoms with van der Waals surface area (Å²) in [6, 6.07) is 13.3. The molecule has 0 bridgehead atoms. The average Bonchev–Trinajstić information content (AvgIpc) is 2.85. The summed E-state index contributed by atoms with van der Waals surface area (Å²) < 4.78 is 19.3. The molecule has 2 aromatic carbocycles. The van der Waals surface area contributed by atoms with Crippen LogP contribution in [0.5, 0.6) is 5.75 Å². The predicted molar refractivity (Wildman–Crippen MR) is 128 cm³/mol. The minimum atomic E-state index is -0.588. The van der Waals surface area contributed by atoms with Gasteiger partial charge in [0.1, 0.15) is 23.2 Å². The quantitative estimate of drug-likeness (QED) is 0.516. The Labute approximate surface area is 199 Å². The molecule has 8 heteroatoms. The average molecular weight is 467 g/mol. The Morgan fingerprint density at radius 3 is 2.76 bits per heavy atom. The zero-order valence-electron chi connectivity index (χ0n) is 19.6. The van der Waals surface area contributed by atoms with E-state index in [1.807, 2.05) is 35.2 Å². The molecule has 0 spiro atoms. The van der Waals surface area contributed by atoms with Crippen LogP contribution in [-0.2, 0) is 9.59 Å². The third-order valence-electron chi connectivity index (χ3n) is 6.12. The molecule has 1 aliphatic heterocycles. The number of para-hydroxylation sites is 1. The number of benzene rings is 2. The van der Waals surface area contributed by atoms with E-state index in [0.717, 1.165) is 18.4 Å². The Morgan fingerprint density at radius 1 is 1.24 bits per heavy atom. The standard InChI is InChI=1S/C26H31FN4O3/c1-3-4-16-31-24(32)13-12-19(25(31)18-8-5-6-11-23(18)34-2)26(33)30-15-14-29-22-10-7-9-21(27)20(22)17-28/h5-11,19,25,29H,3-4,12-16H2,1-2H3,(H,30,33). The number of piperidine rings is 1. The summed E-state index contributed by atoms with van der Waals surface area (Å²) in [6.45, 7) is 3.27. The van der Waals surface area contributed by atoms with Crippen molar-refractivity contribution in [1.82, 2.24) is 10.2 Å². The summed E-state index contributed by atoms with van der Waals surface area (Å²) >= 11 is 0. The van der Waals surface area contributed by atoms with E-state index < -0.39 is 17.8 Å². The lowest BCUT2D eigenvalue weighted by molar-refractivity contribution is -0.143. The van der Waals surface area contributed by atoms with Gasteiger partial charge in [-0.1, -0.05) is 37.6 Å². The molecule has 1 fully saturated rings. The number of carbonyl (C=O) groups is 2. The number of nitriles is 1. The maximum Gasteiger partial charge on any atom is 0.225 e. The Balaban J connectivity index is 1.73. The smallest absolute Gasteiger partial charge is 0.225 e. The number of hydrogen-bond donors (Lipinski definition) is 2. The van der Waals surface area contributed by atoms with Gasteiger partial charge in [-0.3, -0.25) is 9.59 Å². The largest absolute Gasteiger partial charge is 0.496 e. The van der Waals surface area contributed by atoms with Crippen LogP contribution in [0.2, 0.25) is 0 Å². The second-order valence-electron chi connectivity index (χ2n) is 8.26. The first-order chi connectivity index (χ1) is 16.5. The van der Waals surface area contributed by atoms with Crippen LogP contribution in [0.1, 0.15) is 49.8 Å². The van der Waals surface area contributed by atoms with Gasteiger partial charge in [0, 0.05) is 31.6 Å². The van der Waals surface area contributed by atoms with Crippen molar-refractivity contribution in [3.05, 3.63) is 59.4 Å². The van der Waals surface area contributed by atoms with Crippen LogP contribution in [-0.4, -0.2) is 43.5 Å². The van der Waals surface area contributed by atoms with Crippen molar-refractivity contribution in [2.45, 2.75) is 38.6 Å². The molecule has 7 nitrogen and oxygen atoms in total. The van der Waals surface area contributed by atoms with Crippen molar-refractivity contribution in [1.29, 1.82) is 5.26 Å². The van der Waals surface area contributed by atoms with Crippen molar-refractivity contribution in [2.75, 3.05) is 32.1 Å². The number of hydrogen-bond acceptors (Lipinski definition) is 5. The summed E-state index contributed by atoms with van der Waals surface area (Å²) in [4.78, 5) is 27.9. The Bertz CT molecular complexity index is 1050. The van der Waals surface area contributed by atoms with Crippen LogP contribution in [0, 0.1) is 23.1 Å². The number of unbranched alkanes of at least 4 members (excludes halogenated alkanes) is 1. The summed E-state index contributed by atoms with van der Waals surface area (Å²) in [6.07, 6.45) is 2.56. The summed E-state index contributed by atoms with van der Waals surface area (Å²) in [5.74, 6) is -0.458. The molecule has 1 saturated heterocycles. The maximum absolute atomic E-state index is 13.8. The summed E-state index contributed by atoms with van der Waals surface area (Å²) in [5, 5.41) is 15.1. The van der Waals surface area contributed by atoms with Crippen LogP contribution < -0.4 is 15.4 Å². The van der Waals surface area contributed by atoms with Crippen LogP contribution in [0.3, 0.4) is 0 Å². The van der Waals surface area contributed by atoms with Crippen LogP contribution in [0.15, 0.2) is 42.5 Å². The van der Waals surface area contributed by atoms with E-state index in [4.69, 9.17) is 10.00 Å². The van der Waals surface area contributed by atoms with Gasteiger partial charge in [-0.2, -0.15) is 5.26 Å². The number of nitrogens with one attached hydrogen (secondary N) is 2. The lowest BCUT2D eigenvalue weighted by atomic mass is 9.83. The number of halogens is 1. The van der Waals surface area contributed by atoms with E-state index in [0.29, 0.717) is 37.4 Å². The highest BCUT2D eigenvalue weighted by molar-refractivity contribution is 5.85. The molecule has 0 aliphatic carbocycles. The normalized spacial score (nSPS) is 17.7. The van der Waals surface area contributed by atoms with Crippen molar-refractivity contribution in [3.63, 3.8) is 0 Å². The van der Waals surface area contributed by atoms with Gasteiger partial charge >= 0.3 is 0 Å². The van der Waals surface area contributed by atoms with Crippen LogP contribution in [0.25, 0.3) is 0 Å². The van der Waals surface area contributed by atoms with E-state index in [1.165, 1.54) is 12.1 Å². The maximum atomic E-state index is 13.8. The first-order valence-electron chi connectivity index (χ1n) is 11.6. The van der Waals surface area contributed by atoms with Gasteiger partial charge in [-0.05, 0) is 31.0 Å². The lowest BCUT2D eigenvalue weighted by Crippen LogP contribution is -2.49. The van der Waals surface area contributed by atoms with Gasteiger partial charge in [0.15, 0.2) is 0 Å². The van der Waals surface area contributed by atoms with E-state index >= 15 is 0 Å². The van der Waals surface area contributed by atoms with E-state index in [9.17, 15) is 14.0 Å². The minimum Gasteiger partial charge on any atom is -0.496 e. The van der Waals surface area contributed by atoms with E-state index in [1.54, 1.807) is 13.2 Å². The molecule has 180 valence electrons. The monoisotopic (exact) mass is 466 g/mol. The van der Waals surface area contributed by atoms with E-state index in [-0.39, 0.29) is 23.9 Å². The molecule has 1 aliphatic rings. The van der Waals surface area contributed by atoms with Crippen molar-refractivity contribution in [3.8, 4) is 11.8 Å². The van der Waals surface area contributed by atoms with Gasteiger partial charge < -0.3 is 20.3 Å². The molecular formula is C26H31FN4O3. The second-order valence-corrected chi connectivity index (χ2v) is 8.26. The third kappa shape index (κ3) is 5.66. The highest BCUT2D eigenvalue weighted by Crippen LogP contribution is 2.40. The number of ether oxygens (including phenoxy) is 1. The zero-order valence-corrected chi connectivity index (χ0v) is 19.6. The highest BCUT2D eigenvalue weighted by Gasteiger charge is 2.41. The van der Waals surface area contributed by atoms with Crippen LogP contribution >= 0.6 is 0 Å². The lowest BCUT2D eigenvalue weighted by Gasteiger charge is -2.41. The number of carbonyl (C=O) groups excluding carboxylic acids is 2. The van der Waals surface area contributed by atoms with Crippen molar-refractivity contribution in [2.24, 2.45) is 5.92 Å². The molecule has 2 atom stereocenters. The molecule has 3 rings (SSSR count). The van der Waals surface area contributed by atoms with Gasteiger partial charge in [0.05, 0.1) is 24.8 Å². The highest BCUT2D eigenvalue weighted by atomic mass is 19.1. The predicted octanol–water partition coefficient (Wildman–Crippen LogP) is 4.01. The SMILES string of the molecule is CCCCN1C(=O)CCC(C(=O)NCCNc2cccc(F)c2C#N)C1c1ccccc1OC. The van der Waals surface area contributed by atoms with Gasteiger partial charge in [0.2, 0.25) is 11.8 Å². The number of nitrogens with zero attached hydrogens (tertiary/aromatic N) is 2. The first-order valence-corrected chi connectivity index (χ1v) is 11.6. The number of rotatable bonds is 10. The number of likely N-dealkylation sites (tertiary alicyclic amines) is 1. The molecule has 2 amide bonds. The Hall–Kier alpha value is -3.60. The van der Waals surface area contributed by atoms with Crippen molar-refractivity contribution < 1.29 is 18.7 Å². The van der Waals surface area contributed by atoms with Gasteiger partial charge in [-0.25, -0.2) is 4.39 Å². The molecule has 0 radical (unpaired) electrons. The zero-order chi connectivity index (χ0) is 24.5. The van der Waals surface area contributed by atoms with Crippen molar-refractivity contribution >= 4 is 17.5 Å².